The molecule has 2 heterocycles. The molecule has 0 aromatic heterocycles. The Morgan fingerprint density at radius 1 is 0.906 bits per heavy atom. The van der Waals surface area contributed by atoms with Gasteiger partial charge in [0.05, 0.1) is 25.3 Å². The van der Waals surface area contributed by atoms with Crippen molar-refractivity contribution in [2.24, 2.45) is 5.92 Å². The number of ether oxygens (including phenoxy) is 2. The first-order chi connectivity index (χ1) is 15.3. The summed E-state index contributed by atoms with van der Waals surface area (Å²) in [5, 5.41) is 4.32. The van der Waals surface area contributed by atoms with Gasteiger partial charge in [-0.3, -0.25) is 9.69 Å². The van der Waals surface area contributed by atoms with Gasteiger partial charge in [-0.1, -0.05) is 48.5 Å². The highest BCUT2D eigenvalue weighted by atomic mass is 16.6. The fourth-order valence-electron chi connectivity index (χ4n) is 5.22. The number of rotatable bonds is 2. The molecule has 2 fully saturated rings. The maximum Gasteiger partial charge on any atom is 0.410 e. The van der Waals surface area contributed by atoms with Crippen LogP contribution in [0.1, 0.15) is 44.0 Å². The second-order valence-corrected chi connectivity index (χ2v) is 9.96. The molecule has 5 heteroatoms. The van der Waals surface area contributed by atoms with Crippen LogP contribution < -0.4 is 0 Å². The predicted molar refractivity (Wildman–Crippen MR) is 125 cm³/mol. The zero-order valence-electron chi connectivity index (χ0n) is 18.8. The average Bonchev–Trinajstić information content (AvgIpc) is 2.76. The van der Waals surface area contributed by atoms with Crippen LogP contribution in [-0.4, -0.2) is 47.7 Å². The summed E-state index contributed by atoms with van der Waals surface area (Å²) in [6.45, 7) is 6.50. The first kappa shape index (κ1) is 21.0. The van der Waals surface area contributed by atoms with Crippen molar-refractivity contribution in [3.8, 4) is 0 Å². The summed E-state index contributed by atoms with van der Waals surface area (Å²) in [5.74, 6) is 0.0184. The highest BCUT2D eigenvalue weighted by molar-refractivity contribution is 6.18. The summed E-state index contributed by atoms with van der Waals surface area (Å²) >= 11 is 0. The Balaban J connectivity index is 1.47. The fraction of sp³-hybridized carbons (Fsp3) is 0.407. The molecule has 32 heavy (non-hydrogen) atoms. The van der Waals surface area contributed by atoms with E-state index in [1.165, 1.54) is 0 Å². The molecular formula is C27H29NO4. The molecule has 0 saturated carbocycles. The molecule has 2 saturated heterocycles. The maximum absolute atomic E-state index is 13.8. The van der Waals surface area contributed by atoms with E-state index in [2.05, 4.69) is 18.2 Å². The minimum absolute atomic E-state index is 0.141. The van der Waals surface area contributed by atoms with Gasteiger partial charge in [0.1, 0.15) is 5.60 Å². The number of piperidine rings is 1. The number of benzene rings is 3. The average molecular weight is 432 g/mol. The number of nitrogens with zero attached hydrogens (tertiary/aromatic N) is 1. The molecular weight excluding hydrogens is 402 g/mol. The van der Waals surface area contributed by atoms with E-state index in [4.69, 9.17) is 9.47 Å². The van der Waals surface area contributed by atoms with Gasteiger partial charge in [-0.2, -0.15) is 0 Å². The Morgan fingerprint density at radius 3 is 2.16 bits per heavy atom. The van der Waals surface area contributed by atoms with Crippen LogP contribution in [0, 0.1) is 5.92 Å². The quantitative estimate of drug-likeness (QED) is 0.392. The zero-order valence-corrected chi connectivity index (χ0v) is 18.8. The molecule has 2 unspecified atom stereocenters. The first-order valence-corrected chi connectivity index (χ1v) is 11.4. The van der Waals surface area contributed by atoms with E-state index in [9.17, 15) is 9.59 Å². The minimum Gasteiger partial charge on any atom is -0.444 e. The standard InChI is InChI=1S/C27H29NO4/c1-27(2,3)32-26(30)28-19-12-18(13-20(28)16-31-15-19)25(29)24-14-17-8-4-5-9-21(17)22-10-6-7-11-23(22)24/h4-11,14,18-20H,12-13,15-16H2,1-3H3. The molecule has 2 atom stereocenters. The van der Waals surface area contributed by atoms with Gasteiger partial charge in [0.25, 0.3) is 0 Å². The van der Waals surface area contributed by atoms with Crippen molar-refractivity contribution in [1.82, 2.24) is 4.90 Å². The van der Waals surface area contributed by atoms with Crippen molar-refractivity contribution < 1.29 is 19.1 Å². The van der Waals surface area contributed by atoms with E-state index in [1.54, 1.807) is 0 Å². The van der Waals surface area contributed by atoms with Gasteiger partial charge in [0.2, 0.25) is 0 Å². The molecule has 0 radical (unpaired) electrons. The molecule has 0 aliphatic carbocycles. The lowest BCUT2D eigenvalue weighted by Gasteiger charge is -2.47. The van der Waals surface area contributed by atoms with E-state index < -0.39 is 5.60 Å². The van der Waals surface area contributed by atoms with Crippen LogP contribution in [0.25, 0.3) is 21.5 Å². The van der Waals surface area contributed by atoms with Crippen LogP contribution in [0.4, 0.5) is 4.79 Å². The Kier molecular flexibility index (Phi) is 5.17. The number of Topliss-reactive ketones (excluding diaryl/α,β-unsaturated/α-hetero) is 1. The Bertz CT molecular complexity index is 1180. The smallest absolute Gasteiger partial charge is 0.410 e. The van der Waals surface area contributed by atoms with Gasteiger partial charge in [-0.15, -0.1) is 0 Å². The summed E-state index contributed by atoms with van der Waals surface area (Å²) < 4.78 is 11.4. The molecule has 2 bridgehead atoms. The summed E-state index contributed by atoms with van der Waals surface area (Å²) in [6.07, 6.45) is 0.878. The lowest BCUT2D eigenvalue weighted by atomic mass is 9.79. The molecule has 5 rings (SSSR count). The van der Waals surface area contributed by atoms with Gasteiger partial charge in [0, 0.05) is 11.5 Å². The van der Waals surface area contributed by atoms with Crippen LogP contribution in [-0.2, 0) is 9.47 Å². The van der Waals surface area contributed by atoms with Crippen molar-refractivity contribution in [2.75, 3.05) is 13.2 Å². The van der Waals surface area contributed by atoms with Crippen molar-refractivity contribution in [3.05, 3.63) is 60.2 Å². The Morgan fingerprint density at radius 2 is 1.50 bits per heavy atom. The van der Waals surface area contributed by atoms with Crippen LogP contribution in [0.5, 0.6) is 0 Å². The Labute approximate surface area is 188 Å². The van der Waals surface area contributed by atoms with E-state index in [-0.39, 0.29) is 29.9 Å². The van der Waals surface area contributed by atoms with Gasteiger partial charge in [-0.05, 0) is 61.2 Å². The zero-order chi connectivity index (χ0) is 22.5. The molecule has 166 valence electrons. The molecule has 5 nitrogen and oxygen atoms in total. The van der Waals surface area contributed by atoms with Crippen molar-refractivity contribution in [2.45, 2.75) is 51.3 Å². The number of ketones is 1. The topological polar surface area (TPSA) is 55.8 Å². The van der Waals surface area contributed by atoms with Crippen LogP contribution in [0.2, 0.25) is 0 Å². The number of morpholine rings is 1. The first-order valence-electron chi connectivity index (χ1n) is 11.4. The number of carbonyl (C=O) groups is 2. The van der Waals surface area contributed by atoms with Gasteiger partial charge < -0.3 is 9.47 Å². The number of hydrogen-bond donors (Lipinski definition) is 0. The second-order valence-electron chi connectivity index (χ2n) is 9.96. The van der Waals surface area contributed by atoms with E-state index in [0.717, 1.165) is 27.1 Å². The number of fused-ring (bicyclic) bond motifs is 5. The minimum atomic E-state index is -0.553. The fourth-order valence-corrected chi connectivity index (χ4v) is 5.22. The van der Waals surface area contributed by atoms with Gasteiger partial charge in [0.15, 0.2) is 5.78 Å². The lowest BCUT2D eigenvalue weighted by molar-refractivity contribution is -0.0861. The molecule has 2 aliphatic heterocycles. The summed E-state index contributed by atoms with van der Waals surface area (Å²) in [7, 11) is 0. The summed E-state index contributed by atoms with van der Waals surface area (Å²) in [6, 6.07) is 18.1. The molecule has 0 spiro atoms. The molecule has 3 aromatic rings. The number of carbonyl (C=O) groups excluding carboxylic acids is 2. The maximum atomic E-state index is 13.8. The lowest BCUT2D eigenvalue weighted by Crippen LogP contribution is -2.60. The van der Waals surface area contributed by atoms with Crippen LogP contribution >= 0.6 is 0 Å². The summed E-state index contributed by atoms with van der Waals surface area (Å²) in [5.41, 5.74) is 0.220. The third-order valence-corrected chi connectivity index (χ3v) is 6.53. The highest BCUT2D eigenvalue weighted by Gasteiger charge is 2.45. The largest absolute Gasteiger partial charge is 0.444 e. The highest BCUT2D eigenvalue weighted by Crippen LogP contribution is 2.37. The second kappa shape index (κ2) is 7.89. The molecule has 2 aliphatic rings. The van der Waals surface area contributed by atoms with E-state index in [1.807, 2.05) is 62.1 Å². The van der Waals surface area contributed by atoms with Crippen molar-refractivity contribution >= 4 is 33.4 Å². The van der Waals surface area contributed by atoms with Crippen LogP contribution in [0.3, 0.4) is 0 Å². The van der Waals surface area contributed by atoms with Crippen molar-refractivity contribution in [3.63, 3.8) is 0 Å². The van der Waals surface area contributed by atoms with Gasteiger partial charge in [-0.25, -0.2) is 4.79 Å². The summed E-state index contributed by atoms with van der Waals surface area (Å²) in [4.78, 5) is 28.5. The normalized spacial score (nSPS) is 23.3. The van der Waals surface area contributed by atoms with Gasteiger partial charge >= 0.3 is 6.09 Å². The number of hydrogen-bond acceptors (Lipinski definition) is 4. The van der Waals surface area contributed by atoms with Crippen molar-refractivity contribution in [1.29, 1.82) is 0 Å². The molecule has 3 aromatic carbocycles. The SMILES string of the molecule is CC(C)(C)OC(=O)N1C2COCC1CC(C(=O)c1cc3ccccc3c3ccccc13)C2. The van der Waals surface area contributed by atoms with E-state index in [0.29, 0.717) is 26.1 Å². The van der Waals surface area contributed by atoms with Crippen LogP contribution in [0.15, 0.2) is 54.6 Å². The monoisotopic (exact) mass is 431 g/mol. The molecule has 1 amide bonds. The number of amides is 1. The third kappa shape index (κ3) is 3.75. The Hall–Kier alpha value is -2.92. The molecule has 0 N–H and O–H groups in total. The van der Waals surface area contributed by atoms with E-state index >= 15 is 0 Å². The third-order valence-electron chi connectivity index (χ3n) is 6.53. The predicted octanol–water partition coefficient (Wildman–Crippen LogP) is 5.59.